The molecule has 0 aliphatic heterocycles. The van der Waals surface area contributed by atoms with Crippen molar-refractivity contribution < 1.29 is 4.39 Å². The highest BCUT2D eigenvalue weighted by Gasteiger charge is 2.08. The molecule has 0 saturated heterocycles. The van der Waals surface area contributed by atoms with Crippen molar-refractivity contribution in [1.82, 2.24) is 0 Å². The minimum atomic E-state index is -0.376. The van der Waals surface area contributed by atoms with Crippen LogP contribution in [0.4, 0.5) is 10.1 Å². The Morgan fingerprint density at radius 3 is 2.85 bits per heavy atom. The van der Waals surface area contributed by atoms with E-state index in [0.29, 0.717) is 5.56 Å². The summed E-state index contributed by atoms with van der Waals surface area (Å²) in [6.07, 6.45) is 0.908. The minimum Gasteiger partial charge on any atom is -0.289 e. The second kappa shape index (κ2) is 3.80. The molecular formula is C9H10FN3. The molecule has 0 heterocycles. The summed E-state index contributed by atoms with van der Waals surface area (Å²) in [5, 5.41) is 11.5. The molecule has 4 heteroatoms. The highest BCUT2D eigenvalue weighted by Crippen LogP contribution is 2.20. The number of rotatable bonds is 3. The Bertz CT molecular complexity index is 328. The van der Waals surface area contributed by atoms with Crippen molar-refractivity contribution in [2.75, 3.05) is 5.01 Å². The molecule has 3 nitrogen and oxygen atoms in total. The molecule has 0 bridgehead atoms. The van der Waals surface area contributed by atoms with Gasteiger partial charge in [-0.25, -0.2) is 9.40 Å². The molecule has 0 aromatic heterocycles. The van der Waals surface area contributed by atoms with Crippen LogP contribution in [-0.4, -0.2) is 13.1 Å². The smallest absolute Gasteiger partial charge is 0.151 e. The number of benzene rings is 1. The third-order valence-corrected chi connectivity index (χ3v) is 1.69. The van der Waals surface area contributed by atoms with Gasteiger partial charge in [-0.15, -0.1) is 0 Å². The van der Waals surface area contributed by atoms with Crippen LogP contribution in [0.1, 0.15) is 5.56 Å². The normalized spacial score (nSPS) is 9.38. The standard InChI is InChI=1S/C9H10FN3/c1-7-4-3-5-8(9(7)10)13(6-11)12-2/h3-6,11H,2H2,1H3. The quantitative estimate of drug-likeness (QED) is 0.431. The Kier molecular flexibility index (Phi) is 2.74. The van der Waals surface area contributed by atoms with E-state index in [4.69, 9.17) is 5.41 Å². The van der Waals surface area contributed by atoms with Crippen LogP contribution in [0, 0.1) is 18.2 Å². The van der Waals surface area contributed by atoms with Gasteiger partial charge in [-0.05, 0) is 18.6 Å². The summed E-state index contributed by atoms with van der Waals surface area (Å²) in [5.41, 5.74) is 0.762. The van der Waals surface area contributed by atoms with E-state index >= 15 is 0 Å². The van der Waals surface area contributed by atoms with Gasteiger partial charge in [0.2, 0.25) is 0 Å². The van der Waals surface area contributed by atoms with Gasteiger partial charge in [0.05, 0.1) is 0 Å². The van der Waals surface area contributed by atoms with E-state index in [9.17, 15) is 4.39 Å². The van der Waals surface area contributed by atoms with Crippen LogP contribution < -0.4 is 5.01 Å². The summed E-state index contributed by atoms with van der Waals surface area (Å²) >= 11 is 0. The fourth-order valence-electron chi connectivity index (χ4n) is 0.995. The van der Waals surface area contributed by atoms with Crippen molar-refractivity contribution in [3.63, 3.8) is 0 Å². The SMILES string of the molecule is C=NN(C=N)c1cccc(C)c1F. The zero-order valence-electron chi connectivity index (χ0n) is 7.29. The predicted molar refractivity (Wildman–Crippen MR) is 51.9 cm³/mol. The lowest BCUT2D eigenvalue weighted by Crippen LogP contribution is -2.13. The summed E-state index contributed by atoms with van der Waals surface area (Å²) in [6.45, 7) is 4.89. The molecule has 13 heavy (non-hydrogen) atoms. The summed E-state index contributed by atoms with van der Waals surface area (Å²) in [7, 11) is 0. The van der Waals surface area contributed by atoms with Gasteiger partial charge in [0.15, 0.2) is 5.82 Å². The van der Waals surface area contributed by atoms with E-state index in [1.165, 1.54) is 0 Å². The highest BCUT2D eigenvalue weighted by atomic mass is 19.1. The van der Waals surface area contributed by atoms with E-state index in [1.54, 1.807) is 25.1 Å². The predicted octanol–water partition coefficient (Wildman–Crippen LogP) is 2.16. The fourth-order valence-corrected chi connectivity index (χ4v) is 0.995. The van der Waals surface area contributed by atoms with Crippen molar-refractivity contribution in [3.8, 4) is 0 Å². The van der Waals surface area contributed by atoms with Crippen LogP contribution in [0.25, 0.3) is 0 Å². The Hall–Kier alpha value is -1.71. The van der Waals surface area contributed by atoms with Crippen LogP contribution in [0.2, 0.25) is 0 Å². The lowest BCUT2D eigenvalue weighted by Gasteiger charge is -2.13. The van der Waals surface area contributed by atoms with Crippen molar-refractivity contribution >= 4 is 18.7 Å². The first kappa shape index (κ1) is 9.38. The average molecular weight is 179 g/mol. The Labute approximate surface area is 76.0 Å². The number of hydrogen-bond acceptors (Lipinski definition) is 2. The maximum Gasteiger partial charge on any atom is 0.151 e. The average Bonchev–Trinajstić information content (AvgIpc) is 2.14. The first-order chi connectivity index (χ1) is 6.20. The maximum absolute atomic E-state index is 13.4. The van der Waals surface area contributed by atoms with Crippen molar-refractivity contribution in [1.29, 1.82) is 5.41 Å². The van der Waals surface area contributed by atoms with E-state index < -0.39 is 0 Å². The second-order valence-electron chi connectivity index (χ2n) is 2.52. The first-order valence-corrected chi connectivity index (χ1v) is 3.72. The molecule has 0 saturated carbocycles. The van der Waals surface area contributed by atoms with Crippen LogP contribution in [0.3, 0.4) is 0 Å². The van der Waals surface area contributed by atoms with Crippen molar-refractivity contribution in [2.45, 2.75) is 6.92 Å². The number of halogens is 1. The number of hydrazone groups is 1. The summed E-state index contributed by atoms with van der Waals surface area (Å²) in [4.78, 5) is 0. The number of hydrogen-bond donors (Lipinski definition) is 1. The monoisotopic (exact) mass is 179 g/mol. The fraction of sp³-hybridized carbons (Fsp3) is 0.111. The molecule has 0 unspecified atom stereocenters. The van der Waals surface area contributed by atoms with Gasteiger partial charge in [-0.2, -0.15) is 5.10 Å². The molecule has 0 aliphatic rings. The zero-order valence-corrected chi connectivity index (χ0v) is 7.29. The van der Waals surface area contributed by atoms with E-state index in [2.05, 4.69) is 11.8 Å². The first-order valence-electron chi connectivity index (χ1n) is 3.72. The molecule has 0 atom stereocenters. The number of nitrogens with one attached hydrogen (secondary N) is 1. The van der Waals surface area contributed by atoms with Gasteiger partial charge in [-0.1, -0.05) is 12.1 Å². The van der Waals surface area contributed by atoms with Crippen LogP contribution >= 0.6 is 0 Å². The van der Waals surface area contributed by atoms with Gasteiger partial charge in [0.1, 0.15) is 12.0 Å². The van der Waals surface area contributed by atoms with Gasteiger partial charge < -0.3 is 0 Å². The molecule has 1 N–H and O–H groups in total. The summed E-state index contributed by atoms with van der Waals surface area (Å²) in [6, 6.07) is 4.90. The highest BCUT2D eigenvalue weighted by molar-refractivity contribution is 5.77. The van der Waals surface area contributed by atoms with Crippen LogP contribution in [0.5, 0.6) is 0 Å². The molecule has 0 amide bonds. The molecule has 0 radical (unpaired) electrons. The molecule has 0 fully saturated rings. The summed E-state index contributed by atoms with van der Waals surface area (Å²) in [5.74, 6) is -0.376. The zero-order chi connectivity index (χ0) is 9.84. The van der Waals surface area contributed by atoms with Gasteiger partial charge in [0, 0.05) is 6.72 Å². The molecular weight excluding hydrogens is 169 g/mol. The Morgan fingerprint density at radius 2 is 2.31 bits per heavy atom. The topological polar surface area (TPSA) is 39.5 Å². The van der Waals surface area contributed by atoms with Gasteiger partial charge in [-0.3, -0.25) is 5.41 Å². The van der Waals surface area contributed by atoms with Gasteiger partial charge in [0.25, 0.3) is 0 Å². The maximum atomic E-state index is 13.4. The van der Waals surface area contributed by atoms with E-state index in [-0.39, 0.29) is 11.5 Å². The van der Waals surface area contributed by atoms with E-state index in [1.807, 2.05) is 0 Å². The lowest BCUT2D eigenvalue weighted by atomic mass is 10.2. The summed E-state index contributed by atoms with van der Waals surface area (Å²) < 4.78 is 13.4. The van der Waals surface area contributed by atoms with Crippen LogP contribution in [-0.2, 0) is 0 Å². The molecule has 1 rings (SSSR count). The second-order valence-corrected chi connectivity index (χ2v) is 2.52. The molecule has 1 aromatic rings. The number of nitrogens with zero attached hydrogens (tertiary/aromatic N) is 2. The van der Waals surface area contributed by atoms with Crippen molar-refractivity contribution in [2.24, 2.45) is 5.10 Å². The minimum absolute atomic E-state index is 0.241. The van der Waals surface area contributed by atoms with Crippen LogP contribution in [0.15, 0.2) is 23.3 Å². The Balaban J connectivity index is 3.20. The van der Waals surface area contributed by atoms with Crippen molar-refractivity contribution in [3.05, 3.63) is 29.6 Å². The largest absolute Gasteiger partial charge is 0.289 e. The third-order valence-electron chi connectivity index (χ3n) is 1.69. The molecule has 1 aromatic carbocycles. The number of anilines is 1. The van der Waals surface area contributed by atoms with Gasteiger partial charge >= 0.3 is 0 Å². The number of aryl methyl sites for hydroxylation is 1. The molecule has 0 aliphatic carbocycles. The van der Waals surface area contributed by atoms with E-state index in [0.717, 1.165) is 11.3 Å². The lowest BCUT2D eigenvalue weighted by molar-refractivity contribution is 0.618. The molecule has 0 spiro atoms. The Morgan fingerprint density at radius 1 is 1.62 bits per heavy atom. The molecule has 68 valence electrons. The third kappa shape index (κ3) is 1.72.